The highest BCUT2D eigenvalue weighted by molar-refractivity contribution is 9.10. The lowest BCUT2D eigenvalue weighted by Crippen LogP contribution is -2.04. The van der Waals surface area contributed by atoms with Crippen LogP contribution < -0.4 is 4.74 Å². The van der Waals surface area contributed by atoms with Crippen molar-refractivity contribution in [2.24, 2.45) is 0 Å². The van der Waals surface area contributed by atoms with Gasteiger partial charge in [-0.2, -0.15) is 5.26 Å². The van der Waals surface area contributed by atoms with Gasteiger partial charge in [-0.1, -0.05) is 60.5 Å². The molecule has 0 atom stereocenters. The average Bonchev–Trinajstić information content (AvgIpc) is 2.79. The summed E-state index contributed by atoms with van der Waals surface area (Å²) in [5, 5.41) is 9.67. The molecule has 7 heteroatoms. The van der Waals surface area contributed by atoms with Crippen LogP contribution in [0.15, 0.2) is 64.0 Å². The van der Waals surface area contributed by atoms with Gasteiger partial charge in [0.25, 0.3) is 0 Å². The van der Waals surface area contributed by atoms with E-state index in [1.54, 1.807) is 37.3 Å². The number of hydrogen-bond acceptors (Lipinski definition) is 5. The van der Waals surface area contributed by atoms with E-state index in [9.17, 15) is 13.7 Å². The van der Waals surface area contributed by atoms with Gasteiger partial charge in [0, 0.05) is 15.6 Å². The molecule has 5 nitrogen and oxygen atoms in total. The van der Waals surface area contributed by atoms with E-state index < -0.39 is 9.84 Å². The molecule has 2 aromatic carbocycles. The van der Waals surface area contributed by atoms with Crippen molar-refractivity contribution in [3.8, 4) is 34.3 Å². The molecule has 0 amide bonds. The molecular formula is C24H23BrN2O3S. The summed E-state index contributed by atoms with van der Waals surface area (Å²) >= 11 is 3.45. The van der Waals surface area contributed by atoms with E-state index in [-0.39, 0.29) is 10.6 Å². The Hall–Kier alpha value is -2.69. The Morgan fingerprint density at radius 3 is 2.26 bits per heavy atom. The smallest absolute Gasteiger partial charge is 0.232 e. The second-order valence-electron chi connectivity index (χ2n) is 6.99. The molecule has 3 rings (SSSR count). The fraction of sp³-hybridized carbons (Fsp3) is 0.250. The van der Waals surface area contributed by atoms with Crippen molar-refractivity contribution < 1.29 is 13.2 Å². The van der Waals surface area contributed by atoms with Crippen molar-refractivity contribution in [3.63, 3.8) is 0 Å². The molecule has 0 spiro atoms. The molecule has 0 aliphatic rings. The molecular weight excluding hydrogens is 476 g/mol. The monoisotopic (exact) mass is 498 g/mol. The van der Waals surface area contributed by atoms with Gasteiger partial charge in [0.15, 0.2) is 9.84 Å². The zero-order valence-corrected chi connectivity index (χ0v) is 19.8. The fourth-order valence-corrected chi connectivity index (χ4v) is 4.20. The molecule has 0 unspecified atom stereocenters. The van der Waals surface area contributed by atoms with E-state index in [0.717, 1.165) is 34.0 Å². The zero-order valence-electron chi connectivity index (χ0n) is 17.4. The summed E-state index contributed by atoms with van der Waals surface area (Å²) in [6.45, 7) is 4.18. The minimum absolute atomic E-state index is 0.0421. The number of sulfone groups is 1. The molecule has 0 aliphatic heterocycles. The van der Waals surface area contributed by atoms with Gasteiger partial charge in [0.05, 0.1) is 22.9 Å². The Kier molecular flexibility index (Phi) is 7.47. The Morgan fingerprint density at radius 1 is 1.03 bits per heavy atom. The van der Waals surface area contributed by atoms with Crippen molar-refractivity contribution in [2.75, 3.05) is 12.4 Å². The second-order valence-corrected chi connectivity index (χ2v) is 10.2. The van der Waals surface area contributed by atoms with Gasteiger partial charge in [-0.3, -0.25) is 0 Å². The van der Waals surface area contributed by atoms with Crippen LogP contribution >= 0.6 is 15.9 Å². The summed E-state index contributed by atoms with van der Waals surface area (Å²) in [4.78, 5) is 4.98. The Bertz CT molecular complexity index is 1200. The number of rotatable bonds is 8. The Morgan fingerprint density at radius 2 is 1.68 bits per heavy atom. The van der Waals surface area contributed by atoms with Crippen molar-refractivity contribution in [3.05, 3.63) is 64.6 Å². The normalized spacial score (nSPS) is 11.2. The summed E-state index contributed by atoms with van der Waals surface area (Å²) in [6.07, 6.45) is 1.85. The number of ether oxygens (including phenoxy) is 1. The standard InChI is InChI=1S/C24H23BrN2O3S/c1-3-5-14-30-24-19(16-26)15-22(23(27-24)18-6-10-20(25)11-7-18)17-8-12-21(13-9-17)31(28,29)4-2/h6-13,15H,3-5,14H2,1-2H3. The number of nitrogens with zero attached hydrogens (tertiary/aromatic N) is 2. The van der Waals surface area contributed by atoms with Crippen LogP contribution in [0.3, 0.4) is 0 Å². The third-order valence-electron chi connectivity index (χ3n) is 4.87. The first kappa shape index (κ1) is 23.0. The zero-order chi connectivity index (χ0) is 22.4. The number of unbranched alkanes of at least 4 members (excludes halogenated alkanes) is 1. The van der Waals surface area contributed by atoms with E-state index in [1.165, 1.54) is 0 Å². The summed E-state index contributed by atoms with van der Waals surface area (Å²) in [5.74, 6) is 0.350. The number of pyridine rings is 1. The molecule has 1 heterocycles. The first-order chi connectivity index (χ1) is 14.9. The molecule has 160 valence electrons. The maximum Gasteiger partial charge on any atom is 0.232 e. The van der Waals surface area contributed by atoms with Crippen LogP contribution in [0.4, 0.5) is 0 Å². The predicted octanol–water partition coefficient (Wildman–Crippen LogP) is 6.02. The highest BCUT2D eigenvalue weighted by atomic mass is 79.9. The summed E-state index contributed by atoms with van der Waals surface area (Å²) in [5.41, 5.74) is 3.40. The van der Waals surface area contributed by atoms with Gasteiger partial charge in [0.2, 0.25) is 5.88 Å². The number of benzene rings is 2. The van der Waals surface area contributed by atoms with E-state index in [2.05, 4.69) is 28.9 Å². The lowest BCUT2D eigenvalue weighted by atomic mass is 9.98. The number of halogens is 1. The molecule has 0 fully saturated rings. The highest BCUT2D eigenvalue weighted by Crippen LogP contribution is 2.35. The topological polar surface area (TPSA) is 80.0 Å². The number of aromatic nitrogens is 1. The largest absolute Gasteiger partial charge is 0.477 e. The van der Waals surface area contributed by atoms with Crippen LogP contribution in [-0.4, -0.2) is 25.8 Å². The third kappa shape index (κ3) is 5.33. The Labute approximate surface area is 191 Å². The summed E-state index contributed by atoms with van der Waals surface area (Å²) < 4.78 is 31.1. The van der Waals surface area contributed by atoms with Gasteiger partial charge < -0.3 is 4.74 Å². The molecule has 0 saturated heterocycles. The molecule has 3 aromatic rings. The lowest BCUT2D eigenvalue weighted by Gasteiger charge is -2.14. The van der Waals surface area contributed by atoms with Gasteiger partial charge in [0.1, 0.15) is 11.6 Å². The highest BCUT2D eigenvalue weighted by Gasteiger charge is 2.17. The fourth-order valence-electron chi connectivity index (χ4n) is 3.06. The van der Waals surface area contributed by atoms with Crippen LogP contribution in [0, 0.1) is 11.3 Å². The van der Waals surface area contributed by atoms with Crippen molar-refractivity contribution in [2.45, 2.75) is 31.6 Å². The molecule has 0 saturated carbocycles. The summed E-state index contributed by atoms with van der Waals surface area (Å²) in [7, 11) is -3.29. The van der Waals surface area contributed by atoms with Crippen molar-refractivity contribution in [1.29, 1.82) is 5.26 Å². The second kappa shape index (κ2) is 10.1. The van der Waals surface area contributed by atoms with Crippen LogP contribution in [0.5, 0.6) is 5.88 Å². The Balaban J connectivity index is 2.15. The van der Waals surface area contributed by atoms with E-state index in [4.69, 9.17) is 9.72 Å². The van der Waals surface area contributed by atoms with E-state index >= 15 is 0 Å². The van der Waals surface area contributed by atoms with E-state index in [0.29, 0.717) is 23.7 Å². The quantitative estimate of drug-likeness (QED) is 0.354. The van der Waals surface area contributed by atoms with Gasteiger partial charge in [-0.15, -0.1) is 0 Å². The van der Waals surface area contributed by atoms with Crippen molar-refractivity contribution in [1.82, 2.24) is 4.98 Å². The maximum absolute atomic E-state index is 12.2. The van der Waals surface area contributed by atoms with Gasteiger partial charge in [-0.05, 0) is 42.3 Å². The molecule has 0 bridgehead atoms. The molecule has 0 aliphatic carbocycles. The molecule has 0 N–H and O–H groups in total. The van der Waals surface area contributed by atoms with Gasteiger partial charge in [-0.25, -0.2) is 13.4 Å². The first-order valence-electron chi connectivity index (χ1n) is 10.1. The lowest BCUT2D eigenvalue weighted by molar-refractivity contribution is 0.297. The molecule has 31 heavy (non-hydrogen) atoms. The van der Waals surface area contributed by atoms with Gasteiger partial charge >= 0.3 is 0 Å². The average molecular weight is 499 g/mol. The number of hydrogen-bond donors (Lipinski definition) is 0. The predicted molar refractivity (Wildman–Crippen MR) is 126 cm³/mol. The first-order valence-corrected chi connectivity index (χ1v) is 12.5. The summed E-state index contributed by atoms with van der Waals surface area (Å²) in [6, 6.07) is 18.3. The van der Waals surface area contributed by atoms with Crippen LogP contribution in [0.2, 0.25) is 0 Å². The molecule has 0 radical (unpaired) electrons. The van der Waals surface area contributed by atoms with Crippen molar-refractivity contribution >= 4 is 25.8 Å². The van der Waals surface area contributed by atoms with Crippen LogP contribution in [0.25, 0.3) is 22.4 Å². The molecule has 1 aromatic heterocycles. The van der Waals surface area contributed by atoms with Crippen LogP contribution in [0.1, 0.15) is 32.3 Å². The minimum Gasteiger partial charge on any atom is -0.477 e. The SMILES string of the molecule is CCCCOc1nc(-c2ccc(Br)cc2)c(-c2ccc(S(=O)(=O)CC)cc2)cc1C#N. The van der Waals surface area contributed by atoms with Crippen LogP contribution in [-0.2, 0) is 9.84 Å². The third-order valence-corrected chi connectivity index (χ3v) is 7.15. The minimum atomic E-state index is -3.29. The maximum atomic E-state index is 12.2. The van der Waals surface area contributed by atoms with E-state index in [1.807, 2.05) is 24.3 Å². The number of nitriles is 1.